The Morgan fingerprint density at radius 1 is 0.981 bits per heavy atom. The van der Waals surface area contributed by atoms with E-state index in [-0.39, 0.29) is 50.3 Å². The van der Waals surface area contributed by atoms with E-state index in [1.54, 1.807) is 25.1 Å². The minimum atomic E-state index is -4.79. The molecule has 276 valence electrons. The molecule has 1 unspecified atom stereocenters. The van der Waals surface area contributed by atoms with E-state index in [4.69, 9.17) is 14.5 Å². The molecule has 1 atom stereocenters. The molecule has 1 aliphatic rings. The number of anilines is 1. The van der Waals surface area contributed by atoms with Crippen LogP contribution in [0.1, 0.15) is 48.8 Å². The molecule has 1 aliphatic heterocycles. The lowest BCUT2D eigenvalue weighted by molar-refractivity contribution is -0.387. The molecule has 16 heteroatoms. The molecule has 2 heterocycles. The number of aromatic nitrogens is 1. The number of benzene rings is 3. The zero-order valence-electron chi connectivity index (χ0n) is 28.7. The quantitative estimate of drug-likeness (QED) is 0.117. The molecule has 1 aromatic heterocycles. The topological polar surface area (TPSA) is 144 Å². The summed E-state index contributed by atoms with van der Waals surface area (Å²) in [4.78, 5) is 32.2. The summed E-state index contributed by atoms with van der Waals surface area (Å²) in [6.45, 7) is 5.90. The maximum Gasteiger partial charge on any atom is 0.417 e. The smallest absolute Gasteiger partial charge is 0.417 e. The van der Waals surface area contributed by atoms with Crippen LogP contribution in [0.4, 0.5) is 24.5 Å². The van der Waals surface area contributed by atoms with Gasteiger partial charge in [-0.3, -0.25) is 14.9 Å². The van der Waals surface area contributed by atoms with E-state index in [1.165, 1.54) is 23.1 Å². The van der Waals surface area contributed by atoms with E-state index in [1.807, 2.05) is 36.9 Å². The number of piperazine rings is 1. The van der Waals surface area contributed by atoms with Crippen molar-refractivity contribution in [3.8, 4) is 22.8 Å². The molecule has 0 spiro atoms. The summed E-state index contributed by atoms with van der Waals surface area (Å²) in [7, 11) is -4.40. The van der Waals surface area contributed by atoms with Crippen LogP contribution in [0.3, 0.4) is 0 Å². The number of rotatable bonds is 13. The molecule has 1 N–H and O–H groups in total. The molecule has 1 saturated heterocycles. The van der Waals surface area contributed by atoms with Gasteiger partial charge in [-0.15, -0.1) is 0 Å². The number of sulfonamides is 1. The Morgan fingerprint density at radius 2 is 1.69 bits per heavy atom. The lowest BCUT2D eigenvalue weighted by Gasteiger charge is -2.43. The van der Waals surface area contributed by atoms with Gasteiger partial charge in [0.1, 0.15) is 11.5 Å². The Morgan fingerprint density at radius 3 is 2.38 bits per heavy atom. The third kappa shape index (κ3) is 8.29. The fraction of sp³-hybridized carbons (Fsp3) is 0.333. The highest BCUT2D eigenvalue weighted by Gasteiger charge is 2.39. The van der Waals surface area contributed by atoms with Crippen molar-refractivity contribution < 1.29 is 40.8 Å². The van der Waals surface area contributed by atoms with Crippen molar-refractivity contribution in [1.82, 2.24) is 14.6 Å². The number of para-hydroxylation sites is 2. The average molecular weight is 742 g/mol. The van der Waals surface area contributed by atoms with Crippen molar-refractivity contribution in [2.24, 2.45) is 0 Å². The number of halogens is 3. The minimum absolute atomic E-state index is 0.00692. The molecule has 3 aromatic carbocycles. The van der Waals surface area contributed by atoms with Gasteiger partial charge in [-0.2, -0.15) is 13.2 Å². The van der Waals surface area contributed by atoms with Crippen molar-refractivity contribution in [3.63, 3.8) is 0 Å². The molecule has 52 heavy (non-hydrogen) atoms. The molecule has 1 amide bonds. The lowest BCUT2D eigenvalue weighted by atomic mass is 10.0. The second kappa shape index (κ2) is 16.0. The number of nitrogens with one attached hydrogen (secondary N) is 1. The van der Waals surface area contributed by atoms with Gasteiger partial charge in [-0.1, -0.05) is 31.2 Å². The highest BCUT2D eigenvalue weighted by atomic mass is 32.2. The predicted octanol–water partition coefficient (Wildman–Crippen LogP) is 6.69. The van der Waals surface area contributed by atoms with Gasteiger partial charge in [-0.25, -0.2) is 18.1 Å². The summed E-state index contributed by atoms with van der Waals surface area (Å²) >= 11 is 0. The zero-order valence-corrected chi connectivity index (χ0v) is 29.5. The van der Waals surface area contributed by atoms with Crippen LogP contribution >= 0.6 is 0 Å². The summed E-state index contributed by atoms with van der Waals surface area (Å²) in [5.41, 5.74) is -0.214. The molecule has 4 aromatic rings. The standard InChI is InChI=1S/C36H38F3N5O7S/c1-4-24-23-42(35(45)26-16-15-25(50-5-2)21-28(26)36(37,38)39)19-20-43(24)31-18-17-29(27-11-7-9-13-33(27)51-6-3)41-30(31)22-40-52(48,49)34-14-10-8-12-32(34)44(46)47/h7-18,21,24,40H,4-6,19-20,22-23H2,1-3H3. The Kier molecular flexibility index (Phi) is 11.7. The van der Waals surface area contributed by atoms with Crippen LogP contribution in [0.2, 0.25) is 0 Å². The number of ether oxygens (including phenoxy) is 2. The molecule has 12 nitrogen and oxygen atoms in total. The van der Waals surface area contributed by atoms with Gasteiger partial charge in [0.2, 0.25) is 10.0 Å². The second-order valence-electron chi connectivity index (χ2n) is 11.8. The van der Waals surface area contributed by atoms with Crippen LogP contribution < -0.4 is 19.1 Å². The number of amides is 1. The van der Waals surface area contributed by atoms with Crippen molar-refractivity contribution >= 4 is 27.3 Å². The first-order valence-electron chi connectivity index (χ1n) is 16.6. The lowest BCUT2D eigenvalue weighted by Crippen LogP contribution is -2.55. The maximum atomic E-state index is 14.1. The molecule has 0 saturated carbocycles. The molecule has 5 rings (SSSR count). The fourth-order valence-electron chi connectivity index (χ4n) is 6.15. The molecular weight excluding hydrogens is 703 g/mol. The number of nitro benzene ring substituents is 1. The van der Waals surface area contributed by atoms with Crippen LogP contribution in [0.15, 0.2) is 83.8 Å². The molecule has 0 radical (unpaired) electrons. The van der Waals surface area contributed by atoms with Gasteiger partial charge in [0.15, 0.2) is 4.90 Å². The Hall–Kier alpha value is -5.22. The molecule has 0 bridgehead atoms. The van der Waals surface area contributed by atoms with Crippen molar-refractivity contribution in [2.45, 2.75) is 50.9 Å². The second-order valence-corrected chi connectivity index (χ2v) is 13.5. The summed E-state index contributed by atoms with van der Waals surface area (Å²) in [5.74, 6) is -0.206. The van der Waals surface area contributed by atoms with E-state index in [0.717, 1.165) is 24.3 Å². The summed E-state index contributed by atoms with van der Waals surface area (Å²) in [6, 6.07) is 18.6. The van der Waals surface area contributed by atoms with E-state index in [2.05, 4.69) is 4.72 Å². The Bertz CT molecular complexity index is 2040. The van der Waals surface area contributed by atoms with Crippen LogP contribution in [-0.2, 0) is 22.7 Å². The summed E-state index contributed by atoms with van der Waals surface area (Å²) in [5, 5.41) is 11.6. The maximum absolute atomic E-state index is 14.1. The monoisotopic (exact) mass is 741 g/mol. The molecule has 1 fully saturated rings. The number of carbonyl (C=O) groups is 1. The fourth-order valence-corrected chi connectivity index (χ4v) is 7.31. The van der Waals surface area contributed by atoms with Crippen LogP contribution in [0, 0.1) is 10.1 Å². The van der Waals surface area contributed by atoms with Crippen molar-refractivity contribution in [2.75, 3.05) is 37.7 Å². The first kappa shape index (κ1) is 38.0. The van der Waals surface area contributed by atoms with Crippen LogP contribution in [0.5, 0.6) is 11.5 Å². The van der Waals surface area contributed by atoms with E-state index in [0.29, 0.717) is 35.7 Å². The third-order valence-electron chi connectivity index (χ3n) is 8.58. The highest BCUT2D eigenvalue weighted by Crippen LogP contribution is 2.37. The Balaban J connectivity index is 1.49. The SMILES string of the molecule is CCOc1ccc(C(=O)N2CCN(c3ccc(-c4ccccc4OCC)nc3CNS(=O)(=O)c3ccccc3[N+](=O)[O-])C(CC)C2)c(C(F)(F)F)c1. The minimum Gasteiger partial charge on any atom is -0.494 e. The normalized spacial score (nSPS) is 15.0. The van der Waals surface area contributed by atoms with E-state index in [9.17, 15) is 36.5 Å². The number of pyridine rings is 1. The highest BCUT2D eigenvalue weighted by molar-refractivity contribution is 7.89. The third-order valence-corrected chi connectivity index (χ3v) is 10.0. The summed E-state index contributed by atoms with van der Waals surface area (Å²) < 4.78 is 82.6. The molecule has 0 aliphatic carbocycles. The first-order valence-corrected chi connectivity index (χ1v) is 18.1. The number of hydrogen-bond acceptors (Lipinski definition) is 9. The molecular formula is C36H38F3N5O7S. The van der Waals surface area contributed by atoms with E-state index >= 15 is 0 Å². The van der Waals surface area contributed by atoms with Gasteiger partial charge >= 0.3 is 6.18 Å². The number of alkyl halides is 3. The van der Waals surface area contributed by atoms with Gasteiger partial charge in [0.05, 0.1) is 52.9 Å². The number of nitrogens with zero attached hydrogens (tertiary/aromatic N) is 4. The van der Waals surface area contributed by atoms with E-state index < -0.39 is 48.7 Å². The first-order chi connectivity index (χ1) is 24.8. The van der Waals surface area contributed by atoms with Crippen molar-refractivity contribution in [1.29, 1.82) is 0 Å². The Labute approximate surface area is 299 Å². The van der Waals surface area contributed by atoms with Gasteiger partial charge in [-0.05, 0) is 68.8 Å². The van der Waals surface area contributed by atoms with Gasteiger partial charge in [0, 0.05) is 37.3 Å². The largest absolute Gasteiger partial charge is 0.494 e. The van der Waals surface area contributed by atoms with Crippen LogP contribution in [0.25, 0.3) is 11.3 Å². The number of carbonyl (C=O) groups excluding carboxylic acids is 1. The number of hydrogen-bond donors (Lipinski definition) is 1. The predicted molar refractivity (Wildman–Crippen MR) is 188 cm³/mol. The zero-order chi connectivity index (χ0) is 37.6. The van der Waals surface area contributed by atoms with Gasteiger partial charge < -0.3 is 19.3 Å². The number of nitro groups is 1. The van der Waals surface area contributed by atoms with Crippen LogP contribution in [-0.4, -0.2) is 68.0 Å². The average Bonchev–Trinajstić information content (AvgIpc) is 3.13. The van der Waals surface area contributed by atoms with Crippen molar-refractivity contribution in [3.05, 3.63) is 106 Å². The summed E-state index contributed by atoms with van der Waals surface area (Å²) in [6.07, 6.45) is -4.31. The van der Waals surface area contributed by atoms with Gasteiger partial charge in [0.25, 0.3) is 11.6 Å².